The van der Waals surface area contributed by atoms with Crippen LogP contribution in [0.3, 0.4) is 0 Å². The maximum absolute atomic E-state index is 4.06. The highest BCUT2D eigenvalue weighted by molar-refractivity contribution is 8.00. The van der Waals surface area contributed by atoms with Crippen molar-refractivity contribution in [2.75, 3.05) is 6.54 Å². The highest BCUT2D eigenvalue weighted by Gasteiger charge is 2.21. The number of hydrogen-bond acceptors (Lipinski definition) is 4. The van der Waals surface area contributed by atoms with Crippen molar-refractivity contribution in [3.05, 3.63) is 42.0 Å². The van der Waals surface area contributed by atoms with Crippen molar-refractivity contribution in [3.63, 3.8) is 0 Å². The maximum atomic E-state index is 4.06. The number of hydrogen-bond donors (Lipinski definition) is 1. The van der Waals surface area contributed by atoms with E-state index in [2.05, 4.69) is 39.8 Å². The van der Waals surface area contributed by atoms with Crippen LogP contribution >= 0.6 is 11.8 Å². The van der Waals surface area contributed by atoms with E-state index in [1.165, 1.54) is 10.5 Å². The molecule has 1 aliphatic heterocycles. The van der Waals surface area contributed by atoms with Crippen LogP contribution in [0.2, 0.25) is 0 Å². The van der Waals surface area contributed by atoms with E-state index in [1.807, 2.05) is 23.4 Å². The number of nitrogens with zero attached hydrogens (tertiary/aromatic N) is 3. The molecular weight excluding hydrogens is 244 g/mol. The average molecular weight is 260 g/mol. The fraction of sp³-hybridized carbons (Fsp3) is 0.385. The molecule has 4 nitrogen and oxygen atoms in total. The molecule has 1 aromatic carbocycles. The average Bonchev–Trinajstić information content (AvgIpc) is 2.96. The first-order valence-corrected chi connectivity index (χ1v) is 6.99. The van der Waals surface area contributed by atoms with Crippen molar-refractivity contribution in [2.24, 2.45) is 7.05 Å². The number of nitrogens with one attached hydrogen (secondary N) is 1. The molecular formula is C13H16N4S. The minimum Gasteiger partial charge on any atom is -0.320 e. The van der Waals surface area contributed by atoms with Crippen LogP contribution in [0, 0.1) is 0 Å². The molecule has 94 valence electrons. The summed E-state index contributed by atoms with van der Waals surface area (Å²) in [5.41, 5.74) is 1.48. The summed E-state index contributed by atoms with van der Waals surface area (Å²) in [5.74, 6) is 0.982. The third kappa shape index (κ3) is 2.42. The number of fused-ring (bicyclic) bond motifs is 1. The van der Waals surface area contributed by atoms with Gasteiger partial charge >= 0.3 is 0 Å². The smallest absolute Gasteiger partial charge is 0.146 e. The number of aromatic nitrogens is 3. The summed E-state index contributed by atoms with van der Waals surface area (Å²) in [6, 6.07) is 8.67. The Morgan fingerprint density at radius 1 is 1.44 bits per heavy atom. The van der Waals surface area contributed by atoms with Gasteiger partial charge in [0.1, 0.15) is 12.2 Å². The Balaban J connectivity index is 1.50. The molecule has 0 amide bonds. The predicted molar refractivity (Wildman–Crippen MR) is 72.5 cm³/mol. The third-order valence-corrected chi connectivity index (χ3v) is 4.49. The first kappa shape index (κ1) is 11.7. The molecule has 0 aliphatic carbocycles. The number of aryl methyl sites for hydroxylation is 1. The topological polar surface area (TPSA) is 42.7 Å². The first-order chi connectivity index (χ1) is 8.83. The number of benzene rings is 1. The lowest BCUT2D eigenvalue weighted by Gasteiger charge is -2.09. The van der Waals surface area contributed by atoms with Gasteiger partial charge in [-0.15, -0.1) is 22.0 Å². The van der Waals surface area contributed by atoms with E-state index in [1.54, 1.807) is 6.33 Å². The lowest BCUT2D eigenvalue weighted by Crippen LogP contribution is -2.25. The molecule has 2 aromatic rings. The van der Waals surface area contributed by atoms with Crippen molar-refractivity contribution in [3.8, 4) is 0 Å². The molecule has 0 saturated heterocycles. The van der Waals surface area contributed by atoms with E-state index in [-0.39, 0.29) is 0 Å². The number of thioether (sulfide) groups is 1. The zero-order chi connectivity index (χ0) is 12.4. The predicted octanol–water partition coefficient (Wildman–Crippen LogP) is 1.62. The van der Waals surface area contributed by atoms with E-state index in [0.717, 1.165) is 25.3 Å². The Morgan fingerprint density at radius 3 is 3.11 bits per heavy atom. The largest absolute Gasteiger partial charge is 0.320 e. The van der Waals surface area contributed by atoms with Gasteiger partial charge in [0.15, 0.2) is 0 Å². The van der Waals surface area contributed by atoms with E-state index in [4.69, 9.17) is 0 Å². The molecule has 0 fully saturated rings. The lowest BCUT2D eigenvalue weighted by molar-refractivity contribution is 0.623. The second-order valence-electron chi connectivity index (χ2n) is 4.54. The minimum absolute atomic E-state index is 0.635. The molecule has 0 bridgehead atoms. The third-order valence-electron chi connectivity index (χ3n) is 3.17. The van der Waals surface area contributed by atoms with E-state index < -0.39 is 0 Å². The Morgan fingerprint density at radius 2 is 2.33 bits per heavy atom. The zero-order valence-electron chi connectivity index (χ0n) is 10.3. The van der Waals surface area contributed by atoms with Gasteiger partial charge in [0.05, 0.1) is 6.54 Å². The van der Waals surface area contributed by atoms with Gasteiger partial charge in [0, 0.05) is 23.7 Å². The van der Waals surface area contributed by atoms with Crippen LogP contribution in [0.15, 0.2) is 35.5 Å². The molecule has 1 atom stereocenters. The van der Waals surface area contributed by atoms with Gasteiger partial charge in [-0.1, -0.05) is 18.2 Å². The standard InChI is InChI=1S/C13H16N4S/c1-17-9-15-16-13(17)8-14-7-11-6-10-4-2-3-5-12(10)18-11/h2-5,9,11,14H,6-8H2,1H3. The van der Waals surface area contributed by atoms with Crippen molar-refractivity contribution in [1.82, 2.24) is 20.1 Å². The molecule has 5 heteroatoms. The van der Waals surface area contributed by atoms with Crippen LogP contribution in [0.5, 0.6) is 0 Å². The Hall–Kier alpha value is -1.33. The lowest BCUT2D eigenvalue weighted by atomic mass is 10.1. The molecule has 1 unspecified atom stereocenters. The van der Waals surface area contributed by atoms with Gasteiger partial charge in [0.2, 0.25) is 0 Å². The Kier molecular flexibility index (Phi) is 3.34. The highest BCUT2D eigenvalue weighted by atomic mass is 32.2. The summed E-state index contributed by atoms with van der Waals surface area (Å²) in [7, 11) is 1.97. The van der Waals surface area contributed by atoms with Gasteiger partial charge in [-0.2, -0.15) is 0 Å². The fourth-order valence-corrected chi connectivity index (χ4v) is 3.46. The highest BCUT2D eigenvalue weighted by Crippen LogP contribution is 2.36. The van der Waals surface area contributed by atoms with Crippen LogP contribution in [0.4, 0.5) is 0 Å². The molecule has 2 heterocycles. The van der Waals surface area contributed by atoms with Crippen LogP contribution < -0.4 is 5.32 Å². The molecule has 3 rings (SSSR count). The van der Waals surface area contributed by atoms with Gasteiger partial charge in [-0.3, -0.25) is 0 Å². The number of rotatable bonds is 4. The van der Waals surface area contributed by atoms with E-state index in [9.17, 15) is 0 Å². The van der Waals surface area contributed by atoms with Crippen LogP contribution in [0.25, 0.3) is 0 Å². The molecule has 1 N–H and O–H groups in total. The SMILES string of the molecule is Cn1cnnc1CNCC1Cc2ccccc2S1. The maximum Gasteiger partial charge on any atom is 0.146 e. The van der Waals surface area contributed by atoms with Crippen molar-refractivity contribution >= 4 is 11.8 Å². The van der Waals surface area contributed by atoms with Gasteiger partial charge < -0.3 is 9.88 Å². The monoisotopic (exact) mass is 260 g/mol. The molecule has 18 heavy (non-hydrogen) atoms. The van der Waals surface area contributed by atoms with Gasteiger partial charge in [-0.25, -0.2) is 0 Å². The molecule has 0 radical (unpaired) electrons. The summed E-state index contributed by atoms with van der Waals surface area (Å²) in [4.78, 5) is 1.43. The Labute approximate surface area is 111 Å². The summed E-state index contributed by atoms with van der Waals surface area (Å²) in [5, 5.41) is 12.0. The second kappa shape index (κ2) is 5.12. The Bertz CT molecular complexity index is 512. The molecule has 1 aromatic heterocycles. The minimum atomic E-state index is 0.635. The van der Waals surface area contributed by atoms with Crippen LogP contribution in [-0.2, 0) is 20.0 Å². The first-order valence-electron chi connectivity index (χ1n) is 6.11. The zero-order valence-corrected chi connectivity index (χ0v) is 11.2. The molecule has 0 spiro atoms. The fourth-order valence-electron chi connectivity index (χ4n) is 2.18. The van der Waals surface area contributed by atoms with Crippen molar-refractivity contribution in [1.29, 1.82) is 0 Å². The van der Waals surface area contributed by atoms with Crippen LogP contribution in [-0.4, -0.2) is 26.6 Å². The van der Waals surface area contributed by atoms with Crippen molar-refractivity contribution in [2.45, 2.75) is 23.1 Å². The quantitative estimate of drug-likeness (QED) is 0.907. The summed E-state index contributed by atoms with van der Waals surface area (Å²) in [6.07, 6.45) is 2.89. The van der Waals surface area contributed by atoms with Gasteiger partial charge in [0.25, 0.3) is 0 Å². The van der Waals surface area contributed by atoms with E-state index in [0.29, 0.717) is 5.25 Å². The van der Waals surface area contributed by atoms with Gasteiger partial charge in [-0.05, 0) is 18.1 Å². The van der Waals surface area contributed by atoms with Crippen molar-refractivity contribution < 1.29 is 0 Å². The summed E-state index contributed by atoms with van der Waals surface area (Å²) in [6.45, 7) is 1.79. The second-order valence-corrected chi connectivity index (χ2v) is 5.88. The van der Waals surface area contributed by atoms with Crippen LogP contribution in [0.1, 0.15) is 11.4 Å². The van der Waals surface area contributed by atoms with E-state index >= 15 is 0 Å². The summed E-state index contributed by atoms with van der Waals surface area (Å²) < 4.78 is 1.95. The molecule has 0 saturated carbocycles. The normalized spacial score (nSPS) is 17.9. The summed E-state index contributed by atoms with van der Waals surface area (Å²) >= 11 is 1.97. The molecule has 1 aliphatic rings.